The maximum Gasteiger partial charge on any atom is 0.240 e. The zero-order valence-electron chi connectivity index (χ0n) is 14.3. The number of anilines is 1. The third-order valence-electron chi connectivity index (χ3n) is 4.61. The van der Waals surface area contributed by atoms with E-state index in [0.717, 1.165) is 31.7 Å². The molecule has 0 spiro atoms. The van der Waals surface area contributed by atoms with E-state index >= 15 is 0 Å². The summed E-state index contributed by atoms with van der Waals surface area (Å²) in [6.07, 6.45) is 2.01. The van der Waals surface area contributed by atoms with Gasteiger partial charge in [0.25, 0.3) is 0 Å². The molecule has 1 heterocycles. The largest absolute Gasteiger partial charge is 0.368 e. The molecular formula is C20H24N2OS. The minimum atomic E-state index is -0.101. The van der Waals surface area contributed by atoms with Gasteiger partial charge in [0.2, 0.25) is 5.91 Å². The van der Waals surface area contributed by atoms with E-state index in [4.69, 9.17) is 0 Å². The number of aryl methyl sites for hydroxylation is 1. The van der Waals surface area contributed by atoms with Crippen molar-refractivity contribution in [2.45, 2.75) is 12.2 Å². The number of rotatable bonds is 4. The van der Waals surface area contributed by atoms with E-state index < -0.39 is 0 Å². The Bertz CT molecular complexity index is 681. The molecule has 1 atom stereocenters. The number of thioether (sulfide) groups is 1. The van der Waals surface area contributed by atoms with Gasteiger partial charge in [-0.05, 0) is 30.4 Å². The molecule has 2 aromatic carbocycles. The zero-order chi connectivity index (χ0) is 16.9. The maximum absolute atomic E-state index is 12.9. The summed E-state index contributed by atoms with van der Waals surface area (Å²) in [5.74, 6) is 0.234. The minimum Gasteiger partial charge on any atom is -0.368 e. The van der Waals surface area contributed by atoms with Crippen LogP contribution in [-0.4, -0.2) is 43.2 Å². The monoisotopic (exact) mass is 340 g/mol. The molecule has 1 saturated heterocycles. The van der Waals surface area contributed by atoms with Gasteiger partial charge in [-0.15, -0.1) is 11.8 Å². The van der Waals surface area contributed by atoms with E-state index in [1.54, 1.807) is 11.8 Å². The number of amides is 1. The summed E-state index contributed by atoms with van der Waals surface area (Å²) in [5.41, 5.74) is 3.67. The number of para-hydroxylation sites is 1. The molecule has 4 heteroatoms. The molecule has 1 unspecified atom stereocenters. The topological polar surface area (TPSA) is 23.6 Å². The number of benzene rings is 2. The fraction of sp³-hybridized carbons (Fsp3) is 0.350. The fourth-order valence-corrected chi connectivity index (χ4v) is 4.04. The van der Waals surface area contributed by atoms with E-state index in [1.807, 2.05) is 41.5 Å². The lowest BCUT2D eigenvalue weighted by Crippen LogP contribution is -2.50. The molecule has 24 heavy (non-hydrogen) atoms. The van der Waals surface area contributed by atoms with Gasteiger partial charge in [0.1, 0.15) is 5.25 Å². The highest BCUT2D eigenvalue weighted by molar-refractivity contribution is 7.99. The van der Waals surface area contributed by atoms with Gasteiger partial charge in [0.05, 0.1) is 0 Å². The zero-order valence-corrected chi connectivity index (χ0v) is 15.1. The Morgan fingerprint density at radius 1 is 0.958 bits per heavy atom. The molecule has 1 fully saturated rings. The van der Waals surface area contributed by atoms with Crippen LogP contribution >= 0.6 is 11.8 Å². The van der Waals surface area contributed by atoms with Crippen molar-refractivity contribution >= 4 is 23.4 Å². The van der Waals surface area contributed by atoms with Crippen LogP contribution in [0.25, 0.3) is 0 Å². The Balaban J connectivity index is 1.66. The number of nitrogens with zero attached hydrogens (tertiary/aromatic N) is 2. The lowest BCUT2D eigenvalue weighted by atomic mass is 10.1. The van der Waals surface area contributed by atoms with Crippen molar-refractivity contribution in [1.82, 2.24) is 4.90 Å². The molecule has 1 amide bonds. The van der Waals surface area contributed by atoms with Crippen LogP contribution in [0.2, 0.25) is 0 Å². The van der Waals surface area contributed by atoms with Crippen LogP contribution < -0.4 is 4.90 Å². The highest BCUT2D eigenvalue weighted by Crippen LogP contribution is 2.29. The SMILES string of the molecule is CSC(C(=O)N1CCN(c2ccccc2C)CC1)c1ccccc1. The first-order chi connectivity index (χ1) is 11.7. The van der Waals surface area contributed by atoms with Crippen LogP contribution in [0, 0.1) is 6.92 Å². The summed E-state index contributed by atoms with van der Waals surface area (Å²) in [7, 11) is 0. The van der Waals surface area contributed by atoms with Crippen molar-refractivity contribution in [3.63, 3.8) is 0 Å². The predicted octanol–water partition coefficient (Wildman–Crippen LogP) is 3.75. The first-order valence-electron chi connectivity index (χ1n) is 8.38. The average Bonchev–Trinajstić information content (AvgIpc) is 2.64. The second kappa shape index (κ2) is 7.75. The van der Waals surface area contributed by atoms with Gasteiger partial charge in [-0.3, -0.25) is 4.79 Å². The minimum absolute atomic E-state index is 0.101. The van der Waals surface area contributed by atoms with E-state index in [0.29, 0.717) is 0 Å². The summed E-state index contributed by atoms with van der Waals surface area (Å²) in [6, 6.07) is 18.6. The third-order valence-corrected chi connectivity index (χ3v) is 5.56. The van der Waals surface area contributed by atoms with Crippen molar-refractivity contribution < 1.29 is 4.79 Å². The highest BCUT2D eigenvalue weighted by Gasteiger charge is 2.28. The normalized spacial score (nSPS) is 16.1. The summed E-state index contributed by atoms with van der Waals surface area (Å²) in [6.45, 7) is 5.51. The van der Waals surface area contributed by atoms with Crippen LogP contribution in [0.3, 0.4) is 0 Å². The van der Waals surface area contributed by atoms with Crippen molar-refractivity contribution in [2.24, 2.45) is 0 Å². The molecule has 0 aromatic heterocycles. The summed E-state index contributed by atoms with van der Waals surface area (Å²) >= 11 is 1.62. The fourth-order valence-electron chi connectivity index (χ4n) is 3.26. The van der Waals surface area contributed by atoms with Crippen LogP contribution in [0.5, 0.6) is 0 Å². The van der Waals surface area contributed by atoms with E-state index in [2.05, 4.69) is 36.1 Å². The Morgan fingerprint density at radius 3 is 2.21 bits per heavy atom. The second-order valence-electron chi connectivity index (χ2n) is 6.13. The van der Waals surface area contributed by atoms with Crippen molar-refractivity contribution in [2.75, 3.05) is 37.3 Å². The number of carbonyl (C=O) groups excluding carboxylic acids is 1. The van der Waals surface area contributed by atoms with Crippen LogP contribution in [0.4, 0.5) is 5.69 Å². The quantitative estimate of drug-likeness (QED) is 0.847. The van der Waals surface area contributed by atoms with Gasteiger partial charge < -0.3 is 9.80 Å². The molecule has 0 aliphatic carbocycles. The molecular weight excluding hydrogens is 316 g/mol. The van der Waals surface area contributed by atoms with Gasteiger partial charge >= 0.3 is 0 Å². The molecule has 3 rings (SSSR count). The average molecular weight is 340 g/mol. The summed E-state index contributed by atoms with van der Waals surface area (Å²) in [5, 5.41) is -0.101. The van der Waals surface area contributed by atoms with Crippen LogP contribution in [0.1, 0.15) is 16.4 Å². The standard InChI is InChI=1S/C20H24N2OS/c1-16-8-6-7-11-18(16)21-12-14-22(15-13-21)20(23)19(24-2)17-9-4-3-5-10-17/h3-11,19H,12-15H2,1-2H3. The smallest absolute Gasteiger partial charge is 0.240 e. The van der Waals surface area contributed by atoms with Crippen molar-refractivity contribution in [3.05, 3.63) is 65.7 Å². The third kappa shape index (κ3) is 3.59. The van der Waals surface area contributed by atoms with Gasteiger partial charge in [-0.2, -0.15) is 0 Å². The van der Waals surface area contributed by atoms with E-state index in [9.17, 15) is 4.79 Å². The molecule has 0 radical (unpaired) electrons. The first kappa shape index (κ1) is 16.9. The molecule has 0 saturated carbocycles. The van der Waals surface area contributed by atoms with Gasteiger partial charge in [0, 0.05) is 31.9 Å². The summed E-state index contributed by atoms with van der Waals surface area (Å²) < 4.78 is 0. The Labute approximate surface area is 148 Å². The molecule has 126 valence electrons. The predicted molar refractivity (Wildman–Crippen MR) is 103 cm³/mol. The molecule has 1 aliphatic rings. The highest BCUT2D eigenvalue weighted by atomic mass is 32.2. The van der Waals surface area contributed by atoms with Crippen molar-refractivity contribution in [1.29, 1.82) is 0 Å². The molecule has 1 aliphatic heterocycles. The number of hydrogen-bond acceptors (Lipinski definition) is 3. The molecule has 0 bridgehead atoms. The van der Waals surface area contributed by atoms with Gasteiger partial charge in [-0.25, -0.2) is 0 Å². The number of hydrogen-bond donors (Lipinski definition) is 0. The van der Waals surface area contributed by atoms with Gasteiger partial charge in [0.15, 0.2) is 0 Å². The Kier molecular flexibility index (Phi) is 5.46. The second-order valence-corrected chi connectivity index (χ2v) is 7.07. The first-order valence-corrected chi connectivity index (χ1v) is 9.66. The van der Waals surface area contributed by atoms with Crippen molar-refractivity contribution in [3.8, 4) is 0 Å². The Hall–Kier alpha value is -1.94. The van der Waals surface area contributed by atoms with Crippen LogP contribution in [0.15, 0.2) is 54.6 Å². The van der Waals surface area contributed by atoms with Gasteiger partial charge in [-0.1, -0.05) is 48.5 Å². The number of carbonyl (C=O) groups is 1. The van der Waals surface area contributed by atoms with E-state index in [1.165, 1.54) is 11.3 Å². The summed E-state index contributed by atoms with van der Waals surface area (Å²) in [4.78, 5) is 17.3. The molecule has 3 nitrogen and oxygen atoms in total. The van der Waals surface area contributed by atoms with Crippen LogP contribution in [-0.2, 0) is 4.79 Å². The number of piperazine rings is 1. The maximum atomic E-state index is 12.9. The molecule has 0 N–H and O–H groups in total. The lowest BCUT2D eigenvalue weighted by Gasteiger charge is -2.38. The van der Waals surface area contributed by atoms with E-state index in [-0.39, 0.29) is 11.2 Å². The molecule has 2 aromatic rings. The lowest BCUT2D eigenvalue weighted by molar-refractivity contribution is -0.131. The Morgan fingerprint density at radius 2 is 1.58 bits per heavy atom.